The monoisotopic (exact) mass is 238 g/mol. The predicted molar refractivity (Wildman–Crippen MR) is 66.3 cm³/mol. The largest absolute Gasteiger partial charge is 0.462 e. The second-order valence-corrected chi connectivity index (χ2v) is 3.40. The Morgan fingerprint density at radius 3 is 2.07 bits per heavy atom. The van der Waals surface area contributed by atoms with Crippen LogP contribution in [0.5, 0.6) is 0 Å². The Morgan fingerprint density at radius 2 is 1.80 bits per heavy atom. The number of hydrogen-bond donors (Lipinski definition) is 1. The molecular weight excluding hydrogens is 216 g/mol. The van der Waals surface area contributed by atoms with E-state index < -0.39 is 0 Å². The summed E-state index contributed by atoms with van der Waals surface area (Å²) in [5.41, 5.74) is 5.60. The fourth-order valence-electron chi connectivity index (χ4n) is 0.371. The van der Waals surface area contributed by atoms with Crippen LogP contribution in [0.3, 0.4) is 0 Å². The van der Waals surface area contributed by atoms with Gasteiger partial charge in [-0.2, -0.15) is 0 Å². The minimum atomic E-state index is -0.339. The summed E-state index contributed by atoms with van der Waals surface area (Å²) in [6, 6.07) is 0. The third-order valence-electron chi connectivity index (χ3n) is 0.930. The van der Waals surface area contributed by atoms with Crippen molar-refractivity contribution in [3.05, 3.63) is 12.2 Å². The van der Waals surface area contributed by atoms with E-state index in [0.29, 0.717) is 25.1 Å². The van der Waals surface area contributed by atoms with E-state index in [2.05, 4.69) is 6.58 Å². The van der Waals surface area contributed by atoms with Crippen molar-refractivity contribution in [2.75, 3.05) is 34.3 Å². The van der Waals surface area contributed by atoms with Crippen LogP contribution in [0, 0.1) is 0 Å². The van der Waals surface area contributed by atoms with Gasteiger partial charge in [0.2, 0.25) is 0 Å². The Morgan fingerprint density at radius 1 is 1.40 bits per heavy atom. The molecule has 0 aromatic rings. The number of carbonyl (C=O) groups excluding carboxylic acids is 1. The van der Waals surface area contributed by atoms with Gasteiger partial charge < -0.3 is 15.4 Å². The van der Waals surface area contributed by atoms with E-state index in [1.807, 2.05) is 26.0 Å². The highest BCUT2D eigenvalue weighted by molar-refractivity contribution is 5.86. The molecule has 0 aliphatic carbocycles. The Kier molecular flexibility index (Phi) is 17.8. The molecule has 15 heavy (non-hydrogen) atoms. The molecule has 92 valence electrons. The van der Waals surface area contributed by atoms with Crippen LogP contribution in [0.2, 0.25) is 0 Å². The summed E-state index contributed by atoms with van der Waals surface area (Å²) >= 11 is 0. The number of halogens is 1. The molecule has 0 saturated heterocycles. The van der Waals surface area contributed by atoms with E-state index >= 15 is 0 Å². The molecule has 0 aromatic carbocycles. The van der Waals surface area contributed by atoms with Crippen molar-refractivity contribution in [1.29, 1.82) is 0 Å². The maximum atomic E-state index is 10.7. The zero-order valence-corrected chi connectivity index (χ0v) is 10.9. The number of ether oxygens (including phenoxy) is 1. The molecule has 0 aromatic heterocycles. The number of nitrogens with two attached hydrogens (primary N) is 1. The average Bonchev–Trinajstić information content (AvgIpc) is 2.03. The van der Waals surface area contributed by atoms with Crippen molar-refractivity contribution < 1.29 is 9.53 Å². The van der Waals surface area contributed by atoms with Crippen LogP contribution in [0.4, 0.5) is 0 Å². The summed E-state index contributed by atoms with van der Waals surface area (Å²) in [6.07, 6.45) is 0.707. The van der Waals surface area contributed by atoms with Gasteiger partial charge in [0.15, 0.2) is 0 Å². The first-order chi connectivity index (χ1) is 6.41. The standard InChI is InChI=1S/C7H13NO2.C3H9N.ClH/c1-6(2)7(9)10-5-3-4-8;1-4(2)3;/h1,3-5,8H2,2H3;1-3H3;1H. The third-order valence-corrected chi connectivity index (χ3v) is 0.930. The van der Waals surface area contributed by atoms with Crippen molar-refractivity contribution in [1.82, 2.24) is 4.90 Å². The SMILES string of the molecule is C=C(C)C(=O)OCCCN.CN(C)C.Cl. The zero-order valence-electron chi connectivity index (χ0n) is 10.1. The molecule has 0 amide bonds. The van der Waals surface area contributed by atoms with Gasteiger partial charge in [-0.05, 0) is 41.0 Å². The molecule has 0 saturated carbocycles. The number of esters is 1. The molecule has 0 heterocycles. The Balaban J connectivity index is -0.000000249. The molecule has 0 radical (unpaired) electrons. The average molecular weight is 239 g/mol. The minimum Gasteiger partial charge on any atom is -0.462 e. The van der Waals surface area contributed by atoms with Crippen LogP contribution in [0.15, 0.2) is 12.2 Å². The van der Waals surface area contributed by atoms with Gasteiger partial charge in [-0.15, -0.1) is 12.4 Å². The molecule has 4 nitrogen and oxygen atoms in total. The van der Waals surface area contributed by atoms with Gasteiger partial charge in [-0.1, -0.05) is 6.58 Å². The maximum Gasteiger partial charge on any atom is 0.333 e. The van der Waals surface area contributed by atoms with Crippen LogP contribution in [0.1, 0.15) is 13.3 Å². The van der Waals surface area contributed by atoms with Gasteiger partial charge in [-0.25, -0.2) is 4.79 Å². The van der Waals surface area contributed by atoms with Crippen molar-refractivity contribution in [2.45, 2.75) is 13.3 Å². The molecular formula is C10H23ClN2O2. The number of carbonyl (C=O) groups is 1. The van der Waals surface area contributed by atoms with Gasteiger partial charge in [0.05, 0.1) is 6.61 Å². The summed E-state index contributed by atoms with van der Waals surface area (Å²) in [7, 11) is 6.00. The molecule has 5 heteroatoms. The number of rotatable bonds is 4. The van der Waals surface area contributed by atoms with Crippen molar-refractivity contribution in [2.24, 2.45) is 5.73 Å². The van der Waals surface area contributed by atoms with Crippen LogP contribution >= 0.6 is 12.4 Å². The Bertz CT molecular complexity index is 170. The lowest BCUT2D eigenvalue weighted by Gasteiger charge is -2.01. The first-order valence-corrected chi connectivity index (χ1v) is 4.55. The first kappa shape index (κ1) is 19.9. The second-order valence-electron chi connectivity index (χ2n) is 3.40. The molecule has 2 N–H and O–H groups in total. The third kappa shape index (κ3) is 24.7. The summed E-state index contributed by atoms with van der Waals surface area (Å²) in [5.74, 6) is -0.339. The van der Waals surface area contributed by atoms with Gasteiger partial charge in [0, 0.05) is 5.57 Å². The topological polar surface area (TPSA) is 55.6 Å². The summed E-state index contributed by atoms with van der Waals surface area (Å²) in [6.45, 7) is 5.98. The molecule has 0 spiro atoms. The highest BCUT2D eigenvalue weighted by Gasteiger charge is 2.00. The van der Waals surface area contributed by atoms with Gasteiger partial charge in [0.1, 0.15) is 0 Å². The zero-order chi connectivity index (χ0) is 11.6. The van der Waals surface area contributed by atoms with Crippen molar-refractivity contribution in [3.8, 4) is 0 Å². The van der Waals surface area contributed by atoms with E-state index in [-0.39, 0.29) is 18.4 Å². The molecule has 0 aliphatic rings. The molecule has 0 fully saturated rings. The van der Waals surface area contributed by atoms with Gasteiger partial charge in [-0.3, -0.25) is 0 Å². The highest BCUT2D eigenvalue weighted by atomic mass is 35.5. The van der Waals surface area contributed by atoms with E-state index in [4.69, 9.17) is 10.5 Å². The lowest BCUT2D eigenvalue weighted by Crippen LogP contribution is -2.09. The summed E-state index contributed by atoms with van der Waals surface area (Å²) < 4.78 is 4.73. The second kappa shape index (κ2) is 13.4. The smallest absolute Gasteiger partial charge is 0.333 e. The van der Waals surface area contributed by atoms with Gasteiger partial charge >= 0.3 is 5.97 Å². The van der Waals surface area contributed by atoms with Gasteiger partial charge in [0.25, 0.3) is 0 Å². The molecule has 0 atom stereocenters. The fraction of sp³-hybridized carbons (Fsp3) is 0.700. The quantitative estimate of drug-likeness (QED) is 0.452. The van der Waals surface area contributed by atoms with E-state index in [9.17, 15) is 4.79 Å². The van der Waals surface area contributed by atoms with Crippen LogP contribution < -0.4 is 5.73 Å². The maximum absolute atomic E-state index is 10.7. The van der Waals surface area contributed by atoms with E-state index in [1.165, 1.54) is 0 Å². The van der Waals surface area contributed by atoms with Crippen LogP contribution in [0.25, 0.3) is 0 Å². The van der Waals surface area contributed by atoms with Crippen molar-refractivity contribution >= 4 is 18.4 Å². The lowest BCUT2D eigenvalue weighted by molar-refractivity contribution is -0.138. The Labute approximate surface area is 98.9 Å². The van der Waals surface area contributed by atoms with Crippen molar-refractivity contribution in [3.63, 3.8) is 0 Å². The summed E-state index contributed by atoms with van der Waals surface area (Å²) in [5, 5.41) is 0. The molecule has 0 rings (SSSR count). The number of nitrogens with zero attached hydrogens (tertiary/aromatic N) is 1. The molecule has 0 unspecified atom stereocenters. The first-order valence-electron chi connectivity index (χ1n) is 4.55. The van der Waals surface area contributed by atoms with E-state index in [0.717, 1.165) is 0 Å². The molecule has 0 aliphatic heterocycles. The normalized spacial score (nSPS) is 8.40. The highest BCUT2D eigenvalue weighted by Crippen LogP contribution is 1.91. The van der Waals surface area contributed by atoms with E-state index in [1.54, 1.807) is 6.92 Å². The lowest BCUT2D eigenvalue weighted by atomic mass is 10.4. The molecule has 0 bridgehead atoms. The van der Waals surface area contributed by atoms with Crippen LogP contribution in [-0.4, -0.2) is 45.2 Å². The summed E-state index contributed by atoms with van der Waals surface area (Å²) in [4.78, 5) is 12.7. The van der Waals surface area contributed by atoms with Crippen LogP contribution in [-0.2, 0) is 9.53 Å². The Hall–Kier alpha value is -0.580. The predicted octanol–water partition coefficient (Wildman–Crippen LogP) is 1.05. The fourth-order valence-corrected chi connectivity index (χ4v) is 0.371. The minimum absolute atomic E-state index is 0. The number of hydrogen-bond acceptors (Lipinski definition) is 4.